The van der Waals surface area contributed by atoms with E-state index in [1.54, 1.807) is 30.5 Å². The van der Waals surface area contributed by atoms with Crippen molar-refractivity contribution < 1.29 is 24.2 Å². The van der Waals surface area contributed by atoms with E-state index in [-0.39, 0.29) is 24.4 Å². The van der Waals surface area contributed by atoms with Crippen LogP contribution < -0.4 is 9.47 Å². The summed E-state index contributed by atoms with van der Waals surface area (Å²) in [5.41, 5.74) is 2.93. The number of ether oxygens (including phenoxy) is 2. The Morgan fingerprint density at radius 3 is 2.38 bits per heavy atom. The number of aromatic amines is 1. The number of Topliss-reactive ketones (excluding diaryl/α,β-unsaturated/α-hetero) is 1. The number of aromatic nitrogens is 1. The van der Waals surface area contributed by atoms with Gasteiger partial charge in [0.15, 0.2) is 17.3 Å². The number of H-pyrrole nitrogens is 1. The van der Waals surface area contributed by atoms with E-state index in [0.29, 0.717) is 22.6 Å². The van der Waals surface area contributed by atoms with Gasteiger partial charge in [0.05, 0.1) is 5.92 Å². The average molecular weight is 393 g/mol. The summed E-state index contributed by atoms with van der Waals surface area (Å²) < 4.78 is 10.8. The van der Waals surface area contributed by atoms with Crippen molar-refractivity contribution in [3.8, 4) is 11.5 Å². The molecule has 0 radical (unpaired) electrons. The fourth-order valence-corrected chi connectivity index (χ4v) is 3.61. The van der Waals surface area contributed by atoms with Crippen LogP contribution in [0.25, 0.3) is 10.9 Å². The number of hydrogen-bond acceptors (Lipinski definition) is 4. The number of hydrogen-bond donors (Lipinski definition) is 2. The van der Waals surface area contributed by atoms with Gasteiger partial charge >= 0.3 is 5.97 Å². The van der Waals surface area contributed by atoms with Crippen LogP contribution in [0.4, 0.5) is 0 Å². The van der Waals surface area contributed by atoms with E-state index in [2.05, 4.69) is 25.8 Å². The second kappa shape index (κ2) is 6.95. The highest BCUT2D eigenvalue weighted by Crippen LogP contribution is 2.39. The number of rotatable bonds is 5. The zero-order chi connectivity index (χ0) is 20.8. The Hall–Kier alpha value is -3.28. The molecule has 1 aromatic heterocycles. The molecular formula is C23H23NO5. The molecule has 29 heavy (non-hydrogen) atoms. The van der Waals surface area contributed by atoms with Gasteiger partial charge in [0.25, 0.3) is 0 Å². The Balaban J connectivity index is 1.63. The minimum atomic E-state index is -1.04. The van der Waals surface area contributed by atoms with Crippen LogP contribution in [0.2, 0.25) is 0 Å². The quantitative estimate of drug-likeness (QED) is 0.617. The van der Waals surface area contributed by atoms with Gasteiger partial charge in [0.2, 0.25) is 6.79 Å². The topological polar surface area (TPSA) is 88.6 Å². The third kappa shape index (κ3) is 3.58. The minimum Gasteiger partial charge on any atom is -0.481 e. The van der Waals surface area contributed by atoms with Gasteiger partial charge in [-0.15, -0.1) is 0 Å². The van der Waals surface area contributed by atoms with Gasteiger partial charge in [0, 0.05) is 35.2 Å². The van der Waals surface area contributed by atoms with Gasteiger partial charge in [0.1, 0.15) is 0 Å². The Bertz CT molecular complexity index is 1090. The molecule has 1 atom stereocenters. The normalized spacial score (nSPS) is 14.2. The number of ketones is 1. The second-order valence-electron chi connectivity index (χ2n) is 8.34. The van der Waals surface area contributed by atoms with Gasteiger partial charge in [-0.3, -0.25) is 9.59 Å². The van der Waals surface area contributed by atoms with Crippen molar-refractivity contribution >= 4 is 22.7 Å². The van der Waals surface area contributed by atoms with Crippen LogP contribution in [-0.4, -0.2) is 28.6 Å². The van der Waals surface area contributed by atoms with Crippen molar-refractivity contribution in [1.29, 1.82) is 0 Å². The zero-order valence-corrected chi connectivity index (χ0v) is 16.6. The first-order valence-electron chi connectivity index (χ1n) is 9.51. The Labute approximate surface area is 168 Å². The lowest BCUT2D eigenvalue weighted by Crippen LogP contribution is -2.16. The zero-order valence-electron chi connectivity index (χ0n) is 16.6. The van der Waals surface area contributed by atoms with E-state index >= 15 is 0 Å². The molecule has 6 heteroatoms. The summed E-state index contributed by atoms with van der Waals surface area (Å²) in [4.78, 5) is 27.9. The summed E-state index contributed by atoms with van der Waals surface area (Å²) in [6.07, 6.45) is 1.53. The predicted molar refractivity (Wildman–Crippen MR) is 109 cm³/mol. The average Bonchev–Trinajstić information content (AvgIpc) is 3.29. The van der Waals surface area contributed by atoms with Crippen molar-refractivity contribution in [2.24, 2.45) is 0 Å². The molecule has 1 aliphatic heterocycles. The third-order valence-electron chi connectivity index (χ3n) is 5.34. The summed E-state index contributed by atoms with van der Waals surface area (Å²) in [5.74, 6) is -1.01. The lowest BCUT2D eigenvalue weighted by molar-refractivity contribution is -0.138. The summed E-state index contributed by atoms with van der Waals surface area (Å²) in [5, 5.41) is 10.5. The molecule has 6 nitrogen and oxygen atoms in total. The van der Waals surface area contributed by atoms with Crippen molar-refractivity contribution in [2.75, 3.05) is 6.79 Å². The number of carbonyl (C=O) groups is 2. The van der Waals surface area contributed by atoms with Gasteiger partial charge in [-0.2, -0.15) is 0 Å². The van der Waals surface area contributed by atoms with E-state index in [4.69, 9.17) is 9.47 Å². The van der Waals surface area contributed by atoms with E-state index in [1.807, 2.05) is 12.1 Å². The van der Waals surface area contributed by atoms with Gasteiger partial charge in [-0.05, 0) is 22.6 Å². The second-order valence-corrected chi connectivity index (χ2v) is 8.34. The van der Waals surface area contributed by atoms with Crippen LogP contribution in [0.1, 0.15) is 54.6 Å². The van der Waals surface area contributed by atoms with Crippen LogP contribution >= 0.6 is 0 Å². The molecule has 0 spiro atoms. The van der Waals surface area contributed by atoms with Gasteiger partial charge in [-0.25, -0.2) is 0 Å². The van der Waals surface area contributed by atoms with Crippen molar-refractivity contribution in [2.45, 2.75) is 38.5 Å². The van der Waals surface area contributed by atoms with E-state index < -0.39 is 11.9 Å². The molecule has 0 saturated carbocycles. The van der Waals surface area contributed by atoms with E-state index in [1.165, 1.54) is 0 Å². The molecule has 3 aromatic rings. The highest BCUT2D eigenvalue weighted by atomic mass is 16.7. The van der Waals surface area contributed by atoms with E-state index in [9.17, 15) is 14.7 Å². The standard InChI is InChI=1S/C23H23NO5/c1-23(2,3)14-6-4-13(5-7-14)19(25)8-16(22(26)27)17-11-24-18-10-21-20(9-15(17)18)28-12-29-21/h4-7,9-11,16,24H,8,12H2,1-3H3,(H,26,27). The highest BCUT2D eigenvalue weighted by Gasteiger charge is 2.28. The molecule has 150 valence electrons. The van der Waals surface area contributed by atoms with Crippen molar-refractivity contribution in [3.05, 3.63) is 59.3 Å². The van der Waals surface area contributed by atoms with Gasteiger partial charge in [-0.1, -0.05) is 45.0 Å². The molecule has 0 bridgehead atoms. The smallest absolute Gasteiger partial charge is 0.311 e. The maximum atomic E-state index is 12.8. The predicted octanol–water partition coefficient (Wildman–Crippen LogP) is 4.64. The minimum absolute atomic E-state index is 0.0126. The number of carbonyl (C=O) groups excluding carboxylic acids is 1. The monoisotopic (exact) mass is 393 g/mol. The molecule has 4 rings (SSSR count). The number of carboxylic acid groups (broad SMARTS) is 1. The Kier molecular flexibility index (Phi) is 4.57. The number of carboxylic acids is 1. The highest BCUT2D eigenvalue weighted by molar-refractivity contribution is 6.00. The van der Waals surface area contributed by atoms with Crippen LogP contribution in [0.15, 0.2) is 42.6 Å². The summed E-state index contributed by atoms with van der Waals surface area (Å²) >= 11 is 0. The molecule has 2 N–H and O–H groups in total. The molecule has 2 heterocycles. The first-order valence-corrected chi connectivity index (χ1v) is 9.51. The van der Waals surface area contributed by atoms with Crippen molar-refractivity contribution in [1.82, 2.24) is 4.98 Å². The lowest BCUT2D eigenvalue weighted by atomic mass is 9.85. The Morgan fingerprint density at radius 1 is 1.10 bits per heavy atom. The fraction of sp³-hybridized carbons (Fsp3) is 0.304. The van der Waals surface area contributed by atoms with E-state index in [0.717, 1.165) is 16.5 Å². The third-order valence-corrected chi connectivity index (χ3v) is 5.34. The first-order chi connectivity index (χ1) is 13.7. The number of fused-ring (bicyclic) bond motifs is 2. The van der Waals surface area contributed by atoms with Crippen molar-refractivity contribution in [3.63, 3.8) is 0 Å². The molecule has 0 amide bonds. The molecular weight excluding hydrogens is 370 g/mol. The van der Waals surface area contributed by atoms with Gasteiger partial charge < -0.3 is 19.6 Å². The van der Waals surface area contributed by atoms with Crippen LogP contribution in [-0.2, 0) is 10.2 Å². The maximum Gasteiger partial charge on any atom is 0.311 e. The van der Waals surface area contributed by atoms with Crippen LogP contribution in [0.3, 0.4) is 0 Å². The first kappa shape index (κ1) is 19.1. The molecule has 1 unspecified atom stereocenters. The largest absolute Gasteiger partial charge is 0.481 e. The summed E-state index contributed by atoms with van der Waals surface area (Å²) in [6.45, 7) is 6.45. The molecule has 0 aliphatic carbocycles. The Morgan fingerprint density at radius 2 is 1.76 bits per heavy atom. The molecule has 1 aliphatic rings. The summed E-state index contributed by atoms with van der Waals surface area (Å²) in [7, 11) is 0. The lowest BCUT2D eigenvalue weighted by Gasteiger charge is -2.19. The maximum absolute atomic E-state index is 12.8. The molecule has 0 fully saturated rings. The SMILES string of the molecule is CC(C)(C)c1ccc(C(=O)CC(C(=O)O)c2c[nH]c3cc4c(cc23)OCO4)cc1. The van der Waals surface area contributed by atoms with Crippen LogP contribution in [0, 0.1) is 0 Å². The molecule has 2 aromatic carbocycles. The fourth-order valence-electron chi connectivity index (χ4n) is 3.61. The number of nitrogens with one attached hydrogen (secondary N) is 1. The molecule has 0 saturated heterocycles. The number of benzene rings is 2. The summed E-state index contributed by atoms with van der Waals surface area (Å²) in [6, 6.07) is 10.9. The number of aliphatic carboxylic acids is 1. The van der Waals surface area contributed by atoms with Crippen LogP contribution in [0.5, 0.6) is 11.5 Å².